The molecule has 5 aromatic rings. The van der Waals surface area contributed by atoms with Crippen LogP contribution in [0.4, 0.5) is 0 Å². The van der Waals surface area contributed by atoms with Gasteiger partial charge in [0.1, 0.15) is 17.2 Å². The first kappa shape index (κ1) is 30.6. The van der Waals surface area contributed by atoms with Crippen LogP contribution in [0.2, 0.25) is 0 Å². The molecule has 0 aliphatic rings. The number of rotatable bonds is 6. The van der Waals surface area contributed by atoms with Crippen LogP contribution in [-0.2, 0) is 0 Å². The van der Waals surface area contributed by atoms with Crippen molar-refractivity contribution in [1.29, 1.82) is 0 Å². The summed E-state index contributed by atoms with van der Waals surface area (Å²) in [5.74, 6) is 2.72. The molecule has 6 nitrogen and oxygen atoms in total. The molecule has 0 aliphatic heterocycles. The second-order valence-electron chi connectivity index (χ2n) is 9.25. The van der Waals surface area contributed by atoms with Crippen LogP contribution in [0.15, 0.2) is 97.1 Å². The molecule has 0 saturated carbocycles. The van der Waals surface area contributed by atoms with Gasteiger partial charge < -0.3 is 14.2 Å². The molecule has 5 rings (SSSR count). The fourth-order valence-electron chi connectivity index (χ4n) is 3.97. The number of carbonyl (C=O) groups excluding carboxylic acids is 3. The summed E-state index contributed by atoms with van der Waals surface area (Å²) in [6.07, 6.45) is 0. The third-order valence-electron chi connectivity index (χ3n) is 6.40. The Morgan fingerprint density at radius 2 is 0.659 bits per heavy atom. The van der Waals surface area contributed by atoms with Crippen LogP contribution >= 0.6 is 0 Å². The molecule has 0 unspecified atom stereocenters. The van der Waals surface area contributed by atoms with Crippen LogP contribution in [0.5, 0.6) is 17.2 Å². The van der Waals surface area contributed by atoms with E-state index < -0.39 is 0 Å². The topological polar surface area (TPSA) is 78.9 Å². The lowest BCUT2D eigenvalue weighted by Crippen LogP contribution is -1.93. The van der Waals surface area contributed by atoms with Gasteiger partial charge in [-0.25, -0.2) is 0 Å². The Hall–Kier alpha value is -4.97. The first-order valence-corrected chi connectivity index (χ1v) is 13.0. The van der Waals surface area contributed by atoms with E-state index in [1.165, 1.54) is 0 Å². The quantitative estimate of drug-likeness (QED) is 0.199. The van der Waals surface area contributed by atoms with Gasteiger partial charge in [0, 0.05) is 16.7 Å². The first-order valence-electron chi connectivity index (χ1n) is 13.0. The molecule has 0 fully saturated rings. The molecule has 0 radical (unpaired) electrons. The van der Waals surface area contributed by atoms with Gasteiger partial charge in [-0.3, -0.25) is 14.4 Å². The number of ketones is 3. The molecule has 0 N–H and O–H groups in total. The van der Waals surface area contributed by atoms with Crippen molar-refractivity contribution in [3.63, 3.8) is 0 Å². The molecule has 0 aromatic heterocycles. The van der Waals surface area contributed by atoms with Gasteiger partial charge in [-0.2, -0.15) is 0 Å². The highest BCUT2D eigenvalue weighted by Crippen LogP contribution is 2.22. The Bertz CT molecular complexity index is 1590. The van der Waals surface area contributed by atoms with Crippen molar-refractivity contribution in [2.75, 3.05) is 21.3 Å². The Morgan fingerprint density at radius 3 is 0.951 bits per heavy atom. The predicted molar refractivity (Wildman–Crippen MR) is 164 cm³/mol. The summed E-state index contributed by atoms with van der Waals surface area (Å²) in [7, 11) is 4.93. The lowest BCUT2D eigenvalue weighted by atomic mass is 10.0. The second-order valence-corrected chi connectivity index (χ2v) is 9.25. The van der Waals surface area contributed by atoms with E-state index in [-0.39, 0.29) is 17.3 Å². The molecule has 0 amide bonds. The normalized spacial score (nSPS) is 10.0. The van der Waals surface area contributed by atoms with Gasteiger partial charge >= 0.3 is 0 Å². The van der Waals surface area contributed by atoms with Gasteiger partial charge in [-0.1, -0.05) is 42.5 Å². The van der Waals surface area contributed by atoms with E-state index in [0.717, 1.165) is 44.4 Å². The summed E-state index contributed by atoms with van der Waals surface area (Å²) in [5.41, 5.74) is 2.14. The lowest BCUT2D eigenvalue weighted by molar-refractivity contribution is 0.100. The molecule has 0 heterocycles. The first-order chi connectivity index (χ1) is 19.6. The zero-order valence-corrected chi connectivity index (χ0v) is 24.2. The zero-order chi connectivity index (χ0) is 29.9. The molecule has 5 aromatic carbocycles. The van der Waals surface area contributed by atoms with Crippen LogP contribution in [0.3, 0.4) is 0 Å². The number of Topliss-reactive ketones (excluding diaryl/α,β-unsaturated/α-hetero) is 3. The van der Waals surface area contributed by atoms with Crippen LogP contribution in [0, 0.1) is 0 Å². The van der Waals surface area contributed by atoms with Gasteiger partial charge in [0.15, 0.2) is 17.3 Å². The predicted octanol–water partition coefficient (Wildman–Crippen LogP) is 8.00. The van der Waals surface area contributed by atoms with Gasteiger partial charge in [0.25, 0.3) is 0 Å². The average Bonchev–Trinajstić information content (AvgIpc) is 3.00. The number of ether oxygens (including phenoxy) is 3. The minimum atomic E-state index is 0.0533. The van der Waals surface area contributed by atoms with E-state index in [1.54, 1.807) is 54.2 Å². The fraction of sp³-hybridized carbons (Fsp3) is 0.171. The average molecular weight is 551 g/mol. The monoisotopic (exact) mass is 550 g/mol. The maximum atomic E-state index is 11.2. The second kappa shape index (κ2) is 14.4. The van der Waals surface area contributed by atoms with Crippen molar-refractivity contribution < 1.29 is 28.6 Å². The van der Waals surface area contributed by atoms with Crippen LogP contribution in [-0.4, -0.2) is 38.7 Å². The highest BCUT2D eigenvalue weighted by molar-refractivity contribution is 6.02. The minimum Gasteiger partial charge on any atom is -0.497 e. The van der Waals surface area contributed by atoms with Gasteiger partial charge in [0.2, 0.25) is 0 Å². The maximum Gasteiger partial charge on any atom is 0.159 e. The van der Waals surface area contributed by atoms with E-state index in [2.05, 4.69) is 0 Å². The van der Waals surface area contributed by atoms with Crippen molar-refractivity contribution in [3.05, 3.63) is 114 Å². The number of benzene rings is 5. The molecule has 210 valence electrons. The highest BCUT2D eigenvalue weighted by atomic mass is 16.5. The molecule has 0 spiro atoms. The molecule has 6 heteroatoms. The lowest BCUT2D eigenvalue weighted by Gasteiger charge is -2.03. The van der Waals surface area contributed by atoms with Crippen molar-refractivity contribution in [3.8, 4) is 17.2 Å². The van der Waals surface area contributed by atoms with Crippen molar-refractivity contribution >= 4 is 38.9 Å². The summed E-state index contributed by atoms with van der Waals surface area (Å²) in [4.78, 5) is 33.6. The Kier molecular flexibility index (Phi) is 10.8. The largest absolute Gasteiger partial charge is 0.497 e. The minimum absolute atomic E-state index is 0.0533. The molecule has 0 saturated heterocycles. The van der Waals surface area contributed by atoms with Crippen molar-refractivity contribution in [2.45, 2.75) is 20.8 Å². The number of fused-ring (bicyclic) bond motifs is 2. The van der Waals surface area contributed by atoms with Crippen LogP contribution in [0.1, 0.15) is 51.8 Å². The maximum absolute atomic E-state index is 11.2. The summed E-state index contributed by atoms with van der Waals surface area (Å²) in [5, 5.41) is 4.11. The van der Waals surface area contributed by atoms with Crippen molar-refractivity contribution in [1.82, 2.24) is 0 Å². The number of methoxy groups -OCH3 is 3. The molecule has 41 heavy (non-hydrogen) atoms. The van der Waals surface area contributed by atoms with Crippen LogP contribution < -0.4 is 14.2 Å². The molecular formula is C35H34O6. The zero-order valence-electron chi connectivity index (χ0n) is 24.2. The van der Waals surface area contributed by atoms with Crippen LogP contribution in [0.25, 0.3) is 21.5 Å². The summed E-state index contributed by atoms with van der Waals surface area (Å²) >= 11 is 0. The summed E-state index contributed by atoms with van der Waals surface area (Å²) < 4.78 is 15.0. The fourth-order valence-corrected chi connectivity index (χ4v) is 3.97. The Labute approximate surface area is 240 Å². The smallest absolute Gasteiger partial charge is 0.159 e. The summed E-state index contributed by atoms with van der Waals surface area (Å²) in [6.45, 7) is 4.67. The van der Waals surface area contributed by atoms with E-state index in [9.17, 15) is 14.4 Å². The van der Waals surface area contributed by atoms with Gasteiger partial charge in [0.05, 0.1) is 21.3 Å². The number of carbonyl (C=O) groups is 3. The van der Waals surface area contributed by atoms with E-state index >= 15 is 0 Å². The molecule has 0 bridgehead atoms. The van der Waals surface area contributed by atoms with E-state index in [1.807, 2.05) is 84.9 Å². The van der Waals surface area contributed by atoms with E-state index in [0.29, 0.717) is 11.1 Å². The molecular weight excluding hydrogens is 516 g/mol. The van der Waals surface area contributed by atoms with Crippen molar-refractivity contribution in [2.24, 2.45) is 0 Å². The highest BCUT2D eigenvalue weighted by Gasteiger charge is 2.04. The third kappa shape index (κ3) is 8.51. The SMILES string of the molecule is CC(=O)c1ccc2cc(C(C)=O)ccc2c1.COc1ccc(OC)cc1.COc1ccc2cc(C(C)=O)ccc2c1. The number of hydrogen-bond donors (Lipinski definition) is 0. The Balaban J connectivity index is 0.000000174. The summed E-state index contributed by atoms with van der Waals surface area (Å²) in [6, 6.07) is 29.9. The third-order valence-corrected chi connectivity index (χ3v) is 6.40. The van der Waals surface area contributed by atoms with E-state index in [4.69, 9.17) is 14.2 Å². The van der Waals surface area contributed by atoms with Gasteiger partial charge in [-0.05, 0) is 96.9 Å². The standard InChI is InChI=1S/C14H12O2.C13H12O2.C8H10O2/c1-9(15)11-3-5-14-8-12(10(2)16)4-6-13(14)7-11;1-9(14)10-3-4-12-8-13(15-2)6-5-11(12)7-10;1-9-7-3-5-8(10-2)6-4-7/h3-8H,1-2H3;3-8H,1-2H3;3-6H,1-2H3. The Morgan fingerprint density at radius 1 is 0.390 bits per heavy atom. The number of hydrogen-bond acceptors (Lipinski definition) is 6. The molecule has 0 atom stereocenters. The van der Waals surface area contributed by atoms with Gasteiger partial charge in [-0.15, -0.1) is 0 Å². The molecule has 0 aliphatic carbocycles.